The van der Waals surface area contributed by atoms with Crippen LogP contribution in [0.5, 0.6) is 0 Å². The van der Waals surface area contributed by atoms with E-state index in [0.29, 0.717) is 38.8 Å². The maximum absolute atomic E-state index is 13.5. The highest BCUT2D eigenvalue weighted by atomic mass is 16.5. The van der Waals surface area contributed by atoms with Crippen molar-refractivity contribution in [3.8, 4) is 11.1 Å². The number of fused-ring (bicyclic) bond motifs is 1. The number of nitrogens with zero attached hydrogens (tertiary/aromatic N) is 4. The van der Waals surface area contributed by atoms with Crippen LogP contribution in [0.15, 0.2) is 85.6 Å². The fourth-order valence-electron chi connectivity index (χ4n) is 4.02. The van der Waals surface area contributed by atoms with Gasteiger partial charge in [-0.15, -0.1) is 0 Å². The van der Waals surface area contributed by atoms with Crippen LogP contribution in [0.25, 0.3) is 22.0 Å². The van der Waals surface area contributed by atoms with Gasteiger partial charge in [0, 0.05) is 40.7 Å². The number of H-pyrrole nitrogens is 1. The molecule has 37 heavy (non-hydrogen) atoms. The Hall–Kier alpha value is -4.96. The van der Waals surface area contributed by atoms with Gasteiger partial charge < -0.3 is 20.1 Å². The fraction of sp³-hybridized carbons (Fsp3) is 0.111. The van der Waals surface area contributed by atoms with E-state index in [0.717, 1.165) is 0 Å². The second kappa shape index (κ2) is 9.96. The van der Waals surface area contributed by atoms with Gasteiger partial charge >= 0.3 is 5.97 Å². The fourth-order valence-corrected chi connectivity index (χ4v) is 4.02. The molecule has 0 saturated carbocycles. The minimum absolute atomic E-state index is 0.0798. The molecule has 0 radical (unpaired) electrons. The molecule has 0 unspecified atom stereocenters. The first kappa shape index (κ1) is 23.8. The molecule has 5 rings (SSSR count). The molecule has 3 N–H and O–H groups in total. The number of nitrogens with one attached hydrogen (secondary N) is 2. The van der Waals surface area contributed by atoms with Gasteiger partial charge in [-0.25, -0.2) is 9.78 Å². The van der Waals surface area contributed by atoms with Gasteiger partial charge in [-0.05, 0) is 31.2 Å². The monoisotopic (exact) mass is 494 g/mol. The third-order valence-corrected chi connectivity index (χ3v) is 5.82. The number of anilines is 1. The highest BCUT2D eigenvalue weighted by molar-refractivity contribution is 6.02. The molecule has 0 saturated heterocycles. The van der Waals surface area contributed by atoms with Crippen molar-refractivity contribution in [2.24, 2.45) is 0 Å². The number of aliphatic hydroxyl groups is 1. The van der Waals surface area contributed by atoms with Crippen molar-refractivity contribution in [1.82, 2.24) is 25.1 Å². The lowest BCUT2D eigenvalue weighted by Gasteiger charge is -2.25. The van der Waals surface area contributed by atoms with Gasteiger partial charge in [-0.2, -0.15) is 10.2 Å². The highest BCUT2D eigenvalue weighted by Gasteiger charge is 2.42. The summed E-state index contributed by atoms with van der Waals surface area (Å²) >= 11 is 0. The van der Waals surface area contributed by atoms with Crippen molar-refractivity contribution in [3.05, 3.63) is 103 Å². The van der Waals surface area contributed by atoms with Crippen LogP contribution < -0.4 is 5.32 Å². The molecule has 0 spiro atoms. The first-order chi connectivity index (χ1) is 18.0. The summed E-state index contributed by atoms with van der Waals surface area (Å²) in [5.74, 6) is -1.07. The average Bonchev–Trinajstić information content (AvgIpc) is 3.48. The molecule has 1 atom stereocenters. The van der Waals surface area contributed by atoms with Crippen LogP contribution in [0.1, 0.15) is 28.7 Å². The lowest BCUT2D eigenvalue weighted by Crippen LogP contribution is -2.42. The van der Waals surface area contributed by atoms with Gasteiger partial charge in [0.1, 0.15) is 0 Å². The first-order valence-electron chi connectivity index (χ1n) is 11.5. The molecule has 10 heteroatoms. The maximum Gasteiger partial charge on any atom is 0.338 e. The van der Waals surface area contributed by atoms with Gasteiger partial charge in [-0.1, -0.05) is 30.3 Å². The molecule has 2 aromatic carbocycles. The number of amides is 1. The minimum atomic E-state index is -2.07. The van der Waals surface area contributed by atoms with Crippen molar-refractivity contribution in [2.45, 2.75) is 12.5 Å². The summed E-state index contributed by atoms with van der Waals surface area (Å²) in [6, 6.07) is 15.2. The topological polar surface area (TPSA) is 143 Å². The first-order valence-corrected chi connectivity index (χ1v) is 11.5. The normalized spacial score (nSPS) is 12.6. The summed E-state index contributed by atoms with van der Waals surface area (Å²) < 4.78 is 5.12. The van der Waals surface area contributed by atoms with E-state index in [2.05, 4.69) is 30.5 Å². The lowest BCUT2D eigenvalue weighted by atomic mass is 9.91. The molecule has 0 aliphatic heterocycles. The van der Waals surface area contributed by atoms with Crippen LogP contribution >= 0.6 is 0 Å². The Kier molecular flexibility index (Phi) is 6.40. The smallest absolute Gasteiger partial charge is 0.338 e. The standard InChI is InChI=1S/C27H22N6O4/c1-2-37-24(34)17-8-9-23-21(13-17)22(16-31-33-23)18-12-20(15-28-14-18)32-26(35)27(36,25-29-10-11-30-25)19-6-4-3-5-7-19/h3-16,36H,2H2,1H3,(H,29,30)(H,32,35)/t27-/m1/s1. The summed E-state index contributed by atoms with van der Waals surface area (Å²) in [7, 11) is 0. The lowest BCUT2D eigenvalue weighted by molar-refractivity contribution is -0.131. The van der Waals surface area contributed by atoms with E-state index >= 15 is 0 Å². The van der Waals surface area contributed by atoms with Crippen LogP contribution in [0.2, 0.25) is 0 Å². The van der Waals surface area contributed by atoms with E-state index in [-0.39, 0.29) is 12.4 Å². The molecule has 10 nitrogen and oxygen atoms in total. The molecule has 0 bridgehead atoms. The Labute approximate surface area is 211 Å². The average molecular weight is 495 g/mol. The predicted octanol–water partition coefficient (Wildman–Crippen LogP) is 3.47. The number of esters is 1. The van der Waals surface area contributed by atoms with Crippen molar-refractivity contribution in [3.63, 3.8) is 0 Å². The maximum atomic E-state index is 13.5. The Balaban J connectivity index is 1.51. The molecule has 5 aromatic rings. The predicted molar refractivity (Wildman–Crippen MR) is 135 cm³/mol. The summed E-state index contributed by atoms with van der Waals surface area (Å²) in [6.45, 7) is 2.00. The molecule has 1 amide bonds. The van der Waals surface area contributed by atoms with Crippen molar-refractivity contribution in [2.75, 3.05) is 11.9 Å². The number of pyridine rings is 1. The molecular formula is C27H22N6O4. The number of hydrogen-bond donors (Lipinski definition) is 3. The summed E-state index contributed by atoms with van der Waals surface area (Å²) in [6.07, 6.45) is 7.63. The zero-order chi connectivity index (χ0) is 25.8. The number of rotatable bonds is 7. The minimum Gasteiger partial charge on any atom is -0.462 e. The van der Waals surface area contributed by atoms with Gasteiger partial charge in [0.15, 0.2) is 5.82 Å². The quantitative estimate of drug-likeness (QED) is 0.292. The summed E-state index contributed by atoms with van der Waals surface area (Å²) in [5, 5.41) is 23.2. The molecule has 3 heterocycles. The van der Waals surface area contributed by atoms with Crippen molar-refractivity contribution < 1.29 is 19.4 Å². The molecule has 0 aliphatic rings. The van der Waals surface area contributed by atoms with E-state index < -0.39 is 17.5 Å². The second-order valence-corrected chi connectivity index (χ2v) is 8.14. The zero-order valence-electron chi connectivity index (χ0n) is 19.8. The van der Waals surface area contributed by atoms with Crippen LogP contribution in [0.4, 0.5) is 5.69 Å². The number of carbonyl (C=O) groups excluding carboxylic acids is 2. The van der Waals surface area contributed by atoms with Crippen molar-refractivity contribution >= 4 is 28.5 Å². The number of benzene rings is 2. The summed E-state index contributed by atoms with van der Waals surface area (Å²) in [4.78, 5) is 36.9. The van der Waals surface area contributed by atoms with Crippen LogP contribution in [-0.4, -0.2) is 48.7 Å². The van der Waals surface area contributed by atoms with E-state index in [1.165, 1.54) is 18.6 Å². The highest BCUT2D eigenvalue weighted by Crippen LogP contribution is 2.31. The number of carbonyl (C=O) groups is 2. The van der Waals surface area contributed by atoms with E-state index in [4.69, 9.17) is 4.74 Å². The Morgan fingerprint density at radius 1 is 1.08 bits per heavy atom. The van der Waals surface area contributed by atoms with E-state index in [9.17, 15) is 14.7 Å². The van der Waals surface area contributed by atoms with E-state index in [1.807, 2.05) is 0 Å². The number of aromatic amines is 1. The van der Waals surface area contributed by atoms with Crippen LogP contribution in [-0.2, 0) is 15.1 Å². The third kappa shape index (κ3) is 4.53. The second-order valence-electron chi connectivity index (χ2n) is 8.14. The molecule has 3 aromatic heterocycles. The van der Waals surface area contributed by atoms with E-state index in [1.54, 1.807) is 73.9 Å². The van der Waals surface area contributed by atoms with Crippen LogP contribution in [0.3, 0.4) is 0 Å². The Morgan fingerprint density at radius 2 is 1.92 bits per heavy atom. The molecular weight excluding hydrogens is 472 g/mol. The Morgan fingerprint density at radius 3 is 2.68 bits per heavy atom. The van der Waals surface area contributed by atoms with Crippen LogP contribution in [0, 0.1) is 0 Å². The number of aromatic nitrogens is 5. The number of imidazole rings is 1. The summed E-state index contributed by atoms with van der Waals surface area (Å²) in [5.41, 5.74) is 0.866. The largest absolute Gasteiger partial charge is 0.462 e. The number of hydrogen-bond acceptors (Lipinski definition) is 8. The molecule has 0 aliphatic carbocycles. The van der Waals surface area contributed by atoms with Crippen molar-refractivity contribution in [1.29, 1.82) is 0 Å². The Bertz CT molecular complexity index is 1570. The van der Waals surface area contributed by atoms with Gasteiger partial charge in [0.05, 0.1) is 35.8 Å². The zero-order valence-corrected chi connectivity index (χ0v) is 19.8. The van der Waals surface area contributed by atoms with Gasteiger partial charge in [0.2, 0.25) is 5.60 Å². The number of ether oxygens (including phenoxy) is 1. The molecule has 0 fully saturated rings. The van der Waals surface area contributed by atoms with Gasteiger partial charge in [-0.3, -0.25) is 9.78 Å². The third-order valence-electron chi connectivity index (χ3n) is 5.82. The SMILES string of the molecule is CCOC(=O)c1ccc2nncc(-c3cncc(NC(=O)[C@@](O)(c4ccccc4)c4ncc[nH]4)c3)c2c1. The van der Waals surface area contributed by atoms with Gasteiger partial charge in [0.25, 0.3) is 5.91 Å². The molecule has 184 valence electrons.